The number of quaternary nitrogens is 1. The molecule has 3 heterocycles. The van der Waals surface area contributed by atoms with Crippen LogP contribution in [0.25, 0.3) is 0 Å². The van der Waals surface area contributed by atoms with Crippen molar-refractivity contribution in [1.29, 1.82) is 0 Å². The minimum Gasteiger partial charge on any atom is -0.493 e. The molecule has 0 aliphatic carbocycles. The maximum Gasteiger partial charge on any atom is 0.308 e. The lowest BCUT2D eigenvalue weighted by Gasteiger charge is -2.30. The summed E-state index contributed by atoms with van der Waals surface area (Å²) in [6.07, 6.45) is 8.79. The zero-order chi connectivity index (χ0) is 31.1. The first-order valence-corrected chi connectivity index (χ1v) is 15.5. The molecule has 2 aliphatic rings. The van der Waals surface area contributed by atoms with Crippen LogP contribution in [-0.2, 0) is 23.1 Å². The number of fused-ring (bicyclic) bond motifs is 1. The monoisotopic (exact) mass is 600 g/mol. The number of ether oxygens (including phenoxy) is 3. The molecule has 1 fully saturated rings. The van der Waals surface area contributed by atoms with Gasteiger partial charge in [0.25, 0.3) is 0 Å². The second-order valence-electron chi connectivity index (χ2n) is 12.9. The van der Waals surface area contributed by atoms with Gasteiger partial charge in [0, 0.05) is 57.5 Å². The molecule has 4 rings (SSSR count). The van der Waals surface area contributed by atoms with E-state index in [2.05, 4.69) is 38.0 Å². The number of carboxylic acids is 1. The minimum absolute atomic E-state index is 0.0637. The maximum atomic E-state index is 13.9. The predicted octanol–water partition coefficient (Wildman–Crippen LogP) is 3.37. The number of rotatable bonds is 16. The summed E-state index contributed by atoms with van der Waals surface area (Å²) in [4.78, 5) is 35.4. The molecular weight excluding hydrogens is 550 g/mol. The van der Waals surface area contributed by atoms with Crippen LogP contribution in [0.2, 0.25) is 0 Å². The van der Waals surface area contributed by atoms with Crippen LogP contribution in [0.3, 0.4) is 0 Å². The third kappa shape index (κ3) is 8.20. The average Bonchev–Trinajstić information content (AvgIpc) is 3.68. The number of hydrogen-bond acceptors (Lipinski definition) is 7. The summed E-state index contributed by atoms with van der Waals surface area (Å²) in [5.41, 5.74) is 0.814. The zero-order valence-corrected chi connectivity index (χ0v) is 26.8. The number of amides is 1. The number of unbranched alkanes of at least 4 members (excludes halogenated alkanes) is 2. The molecule has 1 amide bonds. The number of aromatic nitrogens is 2. The Kier molecular flexibility index (Phi) is 10.9. The molecule has 2 aliphatic heterocycles. The fourth-order valence-corrected chi connectivity index (χ4v) is 6.34. The standard InChI is InChI=1S/C32H49N5O6/c1-7-8-14-35(15-9-10-17-37(3,4)5)29(38)21-36-20-24(23-18-26(41-6)31-27(19-23)42-22-43-31)30(32(39)40)25(36)11-12-28-33-13-16-34(28)2/h13,16,18-19,24-25,30H,7-12,14-15,17,20-22H2,1-6H3/p+1. The van der Waals surface area contributed by atoms with Gasteiger partial charge in [-0.2, -0.15) is 0 Å². The van der Waals surface area contributed by atoms with E-state index in [4.69, 9.17) is 14.2 Å². The molecule has 1 saturated heterocycles. The number of methoxy groups -OCH3 is 1. The fraction of sp³-hybridized carbons (Fsp3) is 0.656. The number of hydrogen-bond donors (Lipinski definition) is 1. The van der Waals surface area contributed by atoms with E-state index < -0.39 is 11.9 Å². The van der Waals surface area contributed by atoms with Crippen LogP contribution in [0.5, 0.6) is 17.2 Å². The number of carbonyl (C=O) groups is 2. The lowest BCUT2D eigenvalue weighted by molar-refractivity contribution is -0.870. The van der Waals surface area contributed by atoms with Crippen molar-refractivity contribution < 1.29 is 33.4 Å². The number of aliphatic carboxylic acids is 1. The third-order valence-electron chi connectivity index (χ3n) is 8.71. The smallest absolute Gasteiger partial charge is 0.308 e. The van der Waals surface area contributed by atoms with Crippen molar-refractivity contribution in [2.45, 2.75) is 57.4 Å². The Bertz CT molecular complexity index is 1240. The van der Waals surface area contributed by atoms with Crippen LogP contribution in [0, 0.1) is 5.92 Å². The van der Waals surface area contributed by atoms with Gasteiger partial charge < -0.3 is 33.3 Å². The van der Waals surface area contributed by atoms with Crippen LogP contribution in [0.1, 0.15) is 56.3 Å². The summed E-state index contributed by atoms with van der Waals surface area (Å²) in [6.45, 7) is 5.35. The fourth-order valence-electron chi connectivity index (χ4n) is 6.34. The van der Waals surface area contributed by atoms with Gasteiger partial charge in [-0.05, 0) is 43.4 Å². The number of imidazole rings is 1. The van der Waals surface area contributed by atoms with Crippen molar-refractivity contribution >= 4 is 11.9 Å². The largest absolute Gasteiger partial charge is 0.493 e. The van der Waals surface area contributed by atoms with Gasteiger partial charge in [-0.15, -0.1) is 0 Å². The van der Waals surface area contributed by atoms with E-state index >= 15 is 0 Å². The summed E-state index contributed by atoms with van der Waals surface area (Å²) in [7, 11) is 10.1. The lowest BCUT2D eigenvalue weighted by atomic mass is 9.83. The zero-order valence-electron chi connectivity index (χ0n) is 26.8. The van der Waals surface area contributed by atoms with Crippen molar-refractivity contribution in [1.82, 2.24) is 19.4 Å². The summed E-state index contributed by atoms with van der Waals surface area (Å²) in [5, 5.41) is 10.6. The van der Waals surface area contributed by atoms with Crippen molar-refractivity contribution in [2.75, 3.05) is 67.8 Å². The quantitative estimate of drug-likeness (QED) is 0.231. The highest BCUT2D eigenvalue weighted by Crippen LogP contribution is 2.47. The summed E-state index contributed by atoms with van der Waals surface area (Å²) in [6, 6.07) is 3.38. The van der Waals surface area contributed by atoms with Gasteiger partial charge >= 0.3 is 5.97 Å². The summed E-state index contributed by atoms with van der Waals surface area (Å²) >= 11 is 0. The molecule has 3 unspecified atom stereocenters. The van der Waals surface area contributed by atoms with Crippen LogP contribution < -0.4 is 14.2 Å². The molecule has 43 heavy (non-hydrogen) atoms. The van der Waals surface area contributed by atoms with Crippen LogP contribution in [0.4, 0.5) is 0 Å². The first kappa shape index (κ1) is 32.6. The van der Waals surface area contributed by atoms with E-state index in [0.29, 0.717) is 36.6 Å². The minimum atomic E-state index is -0.871. The molecule has 3 atom stereocenters. The van der Waals surface area contributed by atoms with Gasteiger partial charge in [-0.1, -0.05) is 13.3 Å². The molecule has 11 nitrogen and oxygen atoms in total. The molecular formula is C32H50N5O6+. The van der Waals surface area contributed by atoms with Gasteiger partial charge in [-0.3, -0.25) is 14.5 Å². The van der Waals surface area contributed by atoms with Crippen LogP contribution in [0.15, 0.2) is 24.5 Å². The van der Waals surface area contributed by atoms with Crippen molar-refractivity contribution in [3.8, 4) is 17.2 Å². The van der Waals surface area contributed by atoms with E-state index in [1.807, 2.05) is 34.8 Å². The van der Waals surface area contributed by atoms with E-state index in [9.17, 15) is 14.7 Å². The second-order valence-corrected chi connectivity index (χ2v) is 12.9. The lowest BCUT2D eigenvalue weighted by Crippen LogP contribution is -2.45. The Hall–Kier alpha value is -3.31. The molecule has 0 bridgehead atoms. The van der Waals surface area contributed by atoms with E-state index in [1.165, 1.54) is 0 Å². The van der Waals surface area contributed by atoms with Gasteiger partial charge in [0.15, 0.2) is 11.5 Å². The van der Waals surface area contributed by atoms with Crippen molar-refractivity contribution in [3.63, 3.8) is 0 Å². The van der Waals surface area contributed by atoms with Crippen molar-refractivity contribution in [2.24, 2.45) is 13.0 Å². The van der Waals surface area contributed by atoms with Gasteiger partial charge in [-0.25, -0.2) is 4.98 Å². The van der Waals surface area contributed by atoms with Gasteiger partial charge in [0.05, 0.1) is 47.3 Å². The number of benzene rings is 1. The van der Waals surface area contributed by atoms with Crippen molar-refractivity contribution in [3.05, 3.63) is 35.9 Å². The number of likely N-dealkylation sites (tertiary alicyclic amines) is 1. The predicted molar refractivity (Wildman–Crippen MR) is 163 cm³/mol. The van der Waals surface area contributed by atoms with Gasteiger partial charge in [0.1, 0.15) is 5.82 Å². The Morgan fingerprint density at radius 3 is 2.58 bits per heavy atom. The molecule has 1 aromatic carbocycles. The Balaban J connectivity index is 1.59. The normalized spacial score (nSPS) is 20.0. The number of carboxylic acid groups (broad SMARTS) is 1. The molecule has 1 N–H and O–H groups in total. The molecule has 238 valence electrons. The summed E-state index contributed by atoms with van der Waals surface area (Å²) < 4.78 is 19.7. The van der Waals surface area contributed by atoms with Crippen LogP contribution in [-0.4, -0.2) is 115 Å². The molecule has 0 radical (unpaired) electrons. The second kappa shape index (κ2) is 14.4. The summed E-state index contributed by atoms with van der Waals surface area (Å²) in [5.74, 6) is 0.626. The molecule has 0 saturated carbocycles. The Morgan fingerprint density at radius 1 is 1.16 bits per heavy atom. The average molecular weight is 601 g/mol. The van der Waals surface area contributed by atoms with Crippen LogP contribution >= 0.6 is 0 Å². The highest BCUT2D eigenvalue weighted by molar-refractivity contribution is 5.79. The topological polar surface area (TPSA) is 106 Å². The Morgan fingerprint density at radius 2 is 1.93 bits per heavy atom. The molecule has 11 heteroatoms. The van der Waals surface area contributed by atoms with E-state index in [1.54, 1.807) is 13.3 Å². The number of aryl methyl sites for hydroxylation is 2. The van der Waals surface area contributed by atoms with Gasteiger partial charge in [0.2, 0.25) is 18.4 Å². The van der Waals surface area contributed by atoms with E-state index in [-0.39, 0.29) is 31.2 Å². The first-order valence-electron chi connectivity index (χ1n) is 15.5. The molecule has 2 aromatic rings. The van der Waals surface area contributed by atoms with E-state index in [0.717, 1.165) is 61.2 Å². The number of nitrogens with zero attached hydrogens (tertiary/aromatic N) is 5. The third-order valence-corrected chi connectivity index (χ3v) is 8.71. The highest BCUT2D eigenvalue weighted by Gasteiger charge is 2.47. The maximum absolute atomic E-state index is 13.9. The molecule has 1 aromatic heterocycles. The molecule has 0 spiro atoms. The highest BCUT2D eigenvalue weighted by atomic mass is 16.7. The number of carbonyl (C=O) groups excluding carboxylic acids is 1. The Labute approximate surface area is 255 Å². The first-order chi connectivity index (χ1) is 20.5. The SMILES string of the molecule is CCCCN(CCCC[N+](C)(C)C)C(=O)CN1CC(c2cc(OC)c3c(c2)OCO3)C(C(=O)O)C1CCc1nccn1C.